The van der Waals surface area contributed by atoms with Crippen molar-refractivity contribution >= 4 is 23.5 Å². The Bertz CT molecular complexity index is 565. The van der Waals surface area contributed by atoms with Gasteiger partial charge in [0.2, 0.25) is 0 Å². The number of hydrogen-bond acceptors (Lipinski definition) is 4. The Balaban J connectivity index is 2.90. The Morgan fingerprint density at radius 3 is 2.80 bits per heavy atom. The van der Waals surface area contributed by atoms with E-state index in [1.165, 1.54) is 17.0 Å². The van der Waals surface area contributed by atoms with Gasteiger partial charge in [-0.25, -0.2) is 4.98 Å². The smallest absolute Gasteiger partial charge is 0.423 e. The number of rotatable bonds is 1. The molecule has 0 aliphatic heterocycles. The van der Waals surface area contributed by atoms with Crippen LogP contribution in [0.3, 0.4) is 0 Å². The zero-order chi connectivity index (χ0) is 11.0. The number of fused-ring (bicyclic) bond motifs is 1. The summed E-state index contributed by atoms with van der Waals surface area (Å²) >= 11 is 0. The number of aryl methyl sites for hydroxylation is 1. The summed E-state index contributed by atoms with van der Waals surface area (Å²) in [6.07, 6.45) is 1.36. The van der Waals surface area contributed by atoms with Gasteiger partial charge in [0.05, 0.1) is 17.2 Å². The molecular weight excluding hydrogens is 195 g/mol. The van der Waals surface area contributed by atoms with Gasteiger partial charge in [0.15, 0.2) is 0 Å². The highest BCUT2D eigenvalue weighted by molar-refractivity contribution is 6.61. The predicted molar refractivity (Wildman–Crippen MR) is 56.8 cm³/mol. The molecule has 0 saturated carbocycles. The van der Waals surface area contributed by atoms with Crippen molar-refractivity contribution in [3.8, 4) is 0 Å². The minimum absolute atomic E-state index is 0.206. The molecule has 1 aromatic heterocycles. The summed E-state index contributed by atoms with van der Waals surface area (Å²) < 4.78 is 1.34. The topological polar surface area (TPSA) is 75.3 Å². The van der Waals surface area contributed by atoms with Crippen molar-refractivity contribution in [2.24, 2.45) is 7.05 Å². The molecule has 0 fully saturated rings. The Hall–Kier alpha value is -1.66. The lowest BCUT2D eigenvalue weighted by molar-refractivity contribution is 0.426. The fourth-order valence-electron chi connectivity index (χ4n) is 1.47. The maximum atomic E-state index is 11.7. The summed E-state index contributed by atoms with van der Waals surface area (Å²) in [6, 6.07) is 4.73. The molecule has 0 amide bonds. The molecule has 15 heavy (non-hydrogen) atoms. The van der Waals surface area contributed by atoms with Crippen LogP contribution in [0.25, 0.3) is 10.9 Å². The fraction of sp³-hybridized carbons (Fsp3) is 0.111. The molecule has 0 aliphatic rings. The van der Waals surface area contributed by atoms with Crippen LogP contribution in [-0.2, 0) is 7.05 Å². The van der Waals surface area contributed by atoms with Crippen molar-refractivity contribution < 1.29 is 10.0 Å². The average molecular weight is 204 g/mol. The quantitative estimate of drug-likeness (QED) is 0.561. The van der Waals surface area contributed by atoms with Crippen molar-refractivity contribution in [1.29, 1.82) is 0 Å². The van der Waals surface area contributed by atoms with Crippen LogP contribution in [0.1, 0.15) is 0 Å². The van der Waals surface area contributed by atoms with Gasteiger partial charge in [0, 0.05) is 12.5 Å². The van der Waals surface area contributed by atoms with Crippen molar-refractivity contribution in [1.82, 2.24) is 9.55 Å². The first kappa shape index (κ1) is 9.88. The van der Waals surface area contributed by atoms with E-state index in [2.05, 4.69) is 4.98 Å². The molecule has 2 aromatic rings. The minimum Gasteiger partial charge on any atom is -0.423 e. The second kappa shape index (κ2) is 3.49. The highest BCUT2D eigenvalue weighted by atomic mass is 16.4. The van der Waals surface area contributed by atoms with E-state index in [1.54, 1.807) is 19.2 Å². The van der Waals surface area contributed by atoms with Crippen LogP contribution in [0.5, 0.6) is 0 Å². The number of hydrogen-bond donors (Lipinski definition) is 2. The van der Waals surface area contributed by atoms with Gasteiger partial charge < -0.3 is 14.6 Å². The maximum absolute atomic E-state index is 11.7. The first-order valence-corrected chi connectivity index (χ1v) is 4.41. The van der Waals surface area contributed by atoms with Crippen LogP contribution in [0.2, 0.25) is 0 Å². The van der Waals surface area contributed by atoms with Gasteiger partial charge in [0.25, 0.3) is 5.56 Å². The van der Waals surface area contributed by atoms with E-state index in [0.29, 0.717) is 10.9 Å². The van der Waals surface area contributed by atoms with Crippen LogP contribution < -0.4 is 11.0 Å². The lowest BCUT2D eigenvalue weighted by Gasteiger charge is -2.04. The predicted octanol–water partition coefficient (Wildman–Crippen LogP) is -1.39. The molecule has 2 N–H and O–H groups in total. The number of aromatic nitrogens is 2. The monoisotopic (exact) mass is 204 g/mol. The Labute approximate surface area is 85.8 Å². The third-order valence-electron chi connectivity index (χ3n) is 2.26. The second-order valence-electron chi connectivity index (χ2n) is 3.28. The number of nitrogens with zero attached hydrogens (tertiary/aromatic N) is 2. The zero-order valence-corrected chi connectivity index (χ0v) is 8.08. The third kappa shape index (κ3) is 1.53. The van der Waals surface area contributed by atoms with Crippen LogP contribution in [0, 0.1) is 0 Å². The standard InChI is InChI=1S/C9H9BN2O3/c1-12-5-11-8-6(9(12)13)3-2-4-7(8)10(14)15/h2-5,14-15H,1H3. The second-order valence-corrected chi connectivity index (χ2v) is 3.28. The number of para-hydroxylation sites is 1. The van der Waals surface area contributed by atoms with E-state index < -0.39 is 7.12 Å². The maximum Gasteiger partial charge on any atom is 0.490 e. The Morgan fingerprint density at radius 2 is 2.13 bits per heavy atom. The molecule has 0 atom stereocenters. The van der Waals surface area contributed by atoms with Crippen molar-refractivity contribution in [2.75, 3.05) is 0 Å². The summed E-state index contributed by atoms with van der Waals surface area (Å²) in [4.78, 5) is 15.7. The van der Waals surface area contributed by atoms with E-state index >= 15 is 0 Å². The zero-order valence-electron chi connectivity index (χ0n) is 8.08. The first-order chi connectivity index (χ1) is 7.11. The summed E-state index contributed by atoms with van der Waals surface area (Å²) in [5.74, 6) is 0. The first-order valence-electron chi connectivity index (χ1n) is 4.41. The van der Waals surface area contributed by atoms with Crippen molar-refractivity contribution in [2.45, 2.75) is 0 Å². The molecule has 0 bridgehead atoms. The molecule has 1 aromatic carbocycles. The van der Waals surface area contributed by atoms with E-state index in [0.717, 1.165) is 0 Å². The molecule has 6 heteroatoms. The molecule has 0 aliphatic carbocycles. The van der Waals surface area contributed by atoms with Gasteiger partial charge in [-0.05, 0) is 6.07 Å². The van der Waals surface area contributed by atoms with Gasteiger partial charge in [-0.2, -0.15) is 0 Å². The molecule has 76 valence electrons. The lowest BCUT2D eigenvalue weighted by atomic mass is 9.79. The average Bonchev–Trinajstić information content (AvgIpc) is 2.23. The van der Waals surface area contributed by atoms with Crippen molar-refractivity contribution in [3.63, 3.8) is 0 Å². The molecular formula is C9H9BN2O3. The normalized spacial score (nSPS) is 10.6. The highest BCUT2D eigenvalue weighted by Gasteiger charge is 2.16. The fourth-order valence-corrected chi connectivity index (χ4v) is 1.47. The van der Waals surface area contributed by atoms with Crippen LogP contribution in [0.4, 0.5) is 0 Å². The van der Waals surface area contributed by atoms with E-state index in [4.69, 9.17) is 10.0 Å². The molecule has 0 unspecified atom stereocenters. The summed E-state index contributed by atoms with van der Waals surface area (Å²) in [5.41, 5.74) is 0.364. The SMILES string of the molecule is Cn1cnc2c(B(O)O)cccc2c1=O. The Morgan fingerprint density at radius 1 is 1.40 bits per heavy atom. The van der Waals surface area contributed by atoms with Crippen molar-refractivity contribution in [3.05, 3.63) is 34.9 Å². The molecule has 1 heterocycles. The third-order valence-corrected chi connectivity index (χ3v) is 2.26. The van der Waals surface area contributed by atoms with Gasteiger partial charge in [0.1, 0.15) is 0 Å². The van der Waals surface area contributed by atoms with Gasteiger partial charge >= 0.3 is 7.12 Å². The van der Waals surface area contributed by atoms with Crippen LogP contribution in [0.15, 0.2) is 29.3 Å². The van der Waals surface area contributed by atoms with E-state index in [-0.39, 0.29) is 11.0 Å². The minimum atomic E-state index is -1.62. The van der Waals surface area contributed by atoms with Gasteiger partial charge in [-0.1, -0.05) is 12.1 Å². The molecule has 0 radical (unpaired) electrons. The van der Waals surface area contributed by atoms with E-state index in [9.17, 15) is 4.79 Å². The number of benzene rings is 1. The molecule has 2 rings (SSSR count). The summed E-state index contributed by atoms with van der Waals surface area (Å²) in [7, 11) is -0.0232. The van der Waals surface area contributed by atoms with Crippen LogP contribution in [-0.4, -0.2) is 26.7 Å². The van der Waals surface area contributed by atoms with Gasteiger partial charge in [-0.15, -0.1) is 0 Å². The summed E-state index contributed by atoms with van der Waals surface area (Å²) in [6.45, 7) is 0. The lowest BCUT2D eigenvalue weighted by Crippen LogP contribution is -2.32. The Kier molecular flexibility index (Phi) is 2.30. The van der Waals surface area contributed by atoms with Gasteiger partial charge in [-0.3, -0.25) is 4.79 Å². The molecule has 0 spiro atoms. The molecule has 5 nitrogen and oxygen atoms in total. The largest absolute Gasteiger partial charge is 0.490 e. The van der Waals surface area contributed by atoms with E-state index in [1.807, 2.05) is 0 Å². The summed E-state index contributed by atoms with van der Waals surface area (Å²) in [5, 5.41) is 18.6. The van der Waals surface area contributed by atoms with Crippen LogP contribution >= 0.6 is 0 Å². The highest BCUT2D eigenvalue weighted by Crippen LogP contribution is 2.02. The molecule has 0 saturated heterocycles.